The number of nitrogens with one attached hydrogen (secondary N) is 1. The van der Waals surface area contributed by atoms with E-state index in [0.717, 1.165) is 35.0 Å². The average molecular weight is 340 g/mol. The molecule has 0 aliphatic heterocycles. The summed E-state index contributed by atoms with van der Waals surface area (Å²) in [6, 6.07) is 1.63. The predicted molar refractivity (Wildman–Crippen MR) is 70.4 cm³/mol. The molecule has 4 nitrogen and oxygen atoms in total. The van der Waals surface area contributed by atoms with E-state index in [1.807, 2.05) is 6.92 Å². The van der Waals surface area contributed by atoms with E-state index in [1.54, 1.807) is 6.07 Å². The zero-order valence-corrected chi connectivity index (χ0v) is 12.6. The Hall–Kier alpha value is 0.0500. The Morgan fingerprint density at radius 3 is 2.65 bits per heavy atom. The summed E-state index contributed by atoms with van der Waals surface area (Å²) in [5.74, 6) is 0. The van der Waals surface area contributed by atoms with Gasteiger partial charge in [-0.3, -0.25) is 4.84 Å². The van der Waals surface area contributed by atoms with Crippen LogP contribution in [0.5, 0.6) is 0 Å². The monoisotopic (exact) mass is 339 g/mol. The molecule has 0 unspecified atom stereocenters. The van der Waals surface area contributed by atoms with Crippen molar-refractivity contribution in [2.24, 2.45) is 0 Å². The maximum Gasteiger partial charge on any atom is 0.271 e. The molecule has 0 amide bonds. The summed E-state index contributed by atoms with van der Waals surface area (Å²) < 4.78 is 24.9. The molecule has 1 aromatic heterocycles. The zero-order valence-electron chi connectivity index (χ0n) is 9.40. The lowest BCUT2D eigenvalue weighted by Crippen LogP contribution is -2.27. The molecule has 7 heteroatoms. The normalized spacial score (nSPS) is 17.8. The Bertz CT molecular complexity index is 472. The largest absolute Gasteiger partial charge is 0.284 e. The molecule has 17 heavy (non-hydrogen) atoms. The molecule has 1 aromatic rings. The van der Waals surface area contributed by atoms with Gasteiger partial charge in [0.25, 0.3) is 10.0 Å². The molecule has 0 aromatic carbocycles. The van der Waals surface area contributed by atoms with Crippen molar-refractivity contribution in [1.82, 2.24) is 4.89 Å². The maximum atomic E-state index is 11.9. The van der Waals surface area contributed by atoms with Crippen LogP contribution < -0.4 is 4.89 Å². The summed E-state index contributed by atoms with van der Waals surface area (Å²) in [5.41, 5.74) is 0.913. The highest BCUT2D eigenvalue weighted by atomic mass is 79.9. The van der Waals surface area contributed by atoms with Crippen LogP contribution in [0.25, 0.3) is 0 Å². The number of hydrogen-bond acceptors (Lipinski definition) is 4. The second-order valence-corrected chi connectivity index (χ2v) is 8.38. The first-order chi connectivity index (χ1) is 7.99. The molecule has 0 radical (unpaired) electrons. The summed E-state index contributed by atoms with van der Waals surface area (Å²) in [6.45, 7) is 1.86. The lowest BCUT2D eigenvalue weighted by Gasteiger charge is -2.10. The average Bonchev–Trinajstić information content (AvgIpc) is 2.87. The van der Waals surface area contributed by atoms with Crippen molar-refractivity contribution in [1.29, 1.82) is 0 Å². The zero-order chi connectivity index (χ0) is 12.5. The van der Waals surface area contributed by atoms with Crippen molar-refractivity contribution in [2.45, 2.75) is 42.9 Å². The summed E-state index contributed by atoms with van der Waals surface area (Å²) in [7, 11) is -3.53. The van der Waals surface area contributed by atoms with Crippen molar-refractivity contribution in [2.75, 3.05) is 0 Å². The van der Waals surface area contributed by atoms with Gasteiger partial charge in [-0.1, -0.05) is 17.7 Å². The van der Waals surface area contributed by atoms with E-state index in [-0.39, 0.29) is 10.3 Å². The molecule has 1 aliphatic carbocycles. The smallest absolute Gasteiger partial charge is 0.271 e. The Kier molecular flexibility index (Phi) is 4.25. The number of hydrogen-bond donors (Lipinski definition) is 1. The lowest BCUT2D eigenvalue weighted by molar-refractivity contribution is 0.0224. The van der Waals surface area contributed by atoms with Crippen LogP contribution in [0.4, 0.5) is 0 Å². The van der Waals surface area contributed by atoms with Gasteiger partial charge in [0.05, 0.1) is 9.89 Å². The fourth-order valence-electron chi connectivity index (χ4n) is 1.74. The fraction of sp³-hybridized carbons (Fsp3) is 0.600. The SMILES string of the molecule is Cc1cc(S(=O)(=O)NOC2CCCC2)sc1Br. The second kappa shape index (κ2) is 5.36. The Labute approximate surface area is 114 Å². The highest BCUT2D eigenvalue weighted by molar-refractivity contribution is 9.11. The van der Waals surface area contributed by atoms with Crippen LogP contribution in [0.15, 0.2) is 14.1 Å². The minimum atomic E-state index is -3.53. The van der Waals surface area contributed by atoms with Gasteiger partial charge < -0.3 is 0 Å². The second-order valence-electron chi connectivity index (χ2n) is 4.13. The number of halogens is 1. The van der Waals surface area contributed by atoms with Gasteiger partial charge >= 0.3 is 0 Å². The Balaban J connectivity index is 2.03. The highest BCUT2D eigenvalue weighted by Gasteiger charge is 2.22. The molecule has 0 spiro atoms. The molecule has 96 valence electrons. The Morgan fingerprint density at radius 2 is 2.12 bits per heavy atom. The minimum Gasteiger partial charge on any atom is -0.284 e. The standard InChI is InChI=1S/C10H14BrNO3S2/c1-7-6-9(16-10(7)11)17(13,14)12-15-8-4-2-3-5-8/h6,8,12H,2-5H2,1H3. The van der Waals surface area contributed by atoms with Gasteiger partial charge in [0.1, 0.15) is 4.21 Å². The van der Waals surface area contributed by atoms with Gasteiger partial charge in [-0.2, -0.15) is 0 Å². The number of thiophene rings is 1. The summed E-state index contributed by atoms with van der Waals surface area (Å²) in [5, 5.41) is 0. The molecule has 2 rings (SSSR count). The van der Waals surface area contributed by atoms with E-state index in [2.05, 4.69) is 20.8 Å². The molecule has 1 aliphatic rings. The Morgan fingerprint density at radius 1 is 1.47 bits per heavy atom. The van der Waals surface area contributed by atoms with E-state index in [9.17, 15) is 8.42 Å². The van der Waals surface area contributed by atoms with Crippen LogP contribution in [0.1, 0.15) is 31.2 Å². The first-order valence-corrected chi connectivity index (χ1v) is 8.52. The van der Waals surface area contributed by atoms with Gasteiger partial charge in [-0.15, -0.1) is 11.3 Å². The van der Waals surface area contributed by atoms with Crippen molar-refractivity contribution in [3.05, 3.63) is 15.4 Å². The van der Waals surface area contributed by atoms with Crippen molar-refractivity contribution in [3.8, 4) is 0 Å². The molecule has 0 atom stereocenters. The summed E-state index contributed by atoms with van der Waals surface area (Å²) >= 11 is 4.50. The first kappa shape index (κ1) is 13.5. The fourth-order valence-corrected chi connectivity index (χ4v) is 4.80. The molecule has 1 heterocycles. The van der Waals surface area contributed by atoms with Gasteiger partial charge in [0.2, 0.25) is 0 Å². The minimum absolute atomic E-state index is 0.0225. The van der Waals surface area contributed by atoms with Crippen LogP contribution in [0.2, 0.25) is 0 Å². The van der Waals surface area contributed by atoms with E-state index >= 15 is 0 Å². The number of rotatable bonds is 4. The molecule has 1 N–H and O–H groups in total. The lowest BCUT2D eigenvalue weighted by atomic mass is 10.3. The van der Waals surface area contributed by atoms with Crippen molar-refractivity contribution in [3.63, 3.8) is 0 Å². The molecular weight excluding hydrogens is 326 g/mol. The van der Waals surface area contributed by atoms with Gasteiger partial charge in [0.15, 0.2) is 0 Å². The first-order valence-electron chi connectivity index (χ1n) is 5.42. The van der Waals surface area contributed by atoms with Gasteiger partial charge in [-0.05, 0) is 47.3 Å². The maximum absolute atomic E-state index is 11.9. The van der Waals surface area contributed by atoms with E-state index in [4.69, 9.17) is 4.84 Å². The van der Waals surface area contributed by atoms with E-state index in [1.165, 1.54) is 11.3 Å². The van der Waals surface area contributed by atoms with Crippen LogP contribution in [0, 0.1) is 6.92 Å². The van der Waals surface area contributed by atoms with Crippen LogP contribution in [0.3, 0.4) is 0 Å². The van der Waals surface area contributed by atoms with Gasteiger partial charge in [-0.25, -0.2) is 8.42 Å². The topological polar surface area (TPSA) is 55.4 Å². The molecular formula is C10H14BrNO3S2. The quantitative estimate of drug-likeness (QED) is 0.858. The third-order valence-corrected chi connectivity index (χ3v) is 6.53. The van der Waals surface area contributed by atoms with E-state index < -0.39 is 10.0 Å². The number of sulfonamides is 1. The van der Waals surface area contributed by atoms with Gasteiger partial charge in [0, 0.05) is 0 Å². The third-order valence-electron chi connectivity index (χ3n) is 2.73. The number of aryl methyl sites for hydroxylation is 1. The third kappa shape index (κ3) is 3.29. The summed E-state index contributed by atoms with van der Waals surface area (Å²) in [6.07, 6.45) is 4.09. The van der Waals surface area contributed by atoms with Crippen LogP contribution in [-0.4, -0.2) is 14.5 Å². The molecule has 0 bridgehead atoms. The molecule has 1 fully saturated rings. The van der Waals surface area contributed by atoms with Crippen LogP contribution >= 0.6 is 27.3 Å². The molecule has 1 saturated carbocycles. The van der Waals surface area contributed by atoms with Crippen molar-refractivity contribution < 1.29 is 13.3 Å². The van der Waals surface area contributed by atoms with E-state index in [0.29, 0.717) is 0 Å². The highest BCUT2D eigenvalue weighted by Crippen LogP contribution is 2.30. The van der Waals surface area contributed by atoms with Crippen molar-refractivity contribution >= 4 is 37.3 Å². The molecule has 0 saturated heterocycles. The van der Waals surface area contributed by atoms with Crippen LogP contribution in [-0.2, 0) is 14.9 Å². The summed E-state index contributed by atoms with van der Waals surface area (Å²) in [4.78, 5) is 7.44. The predicted octanol–water partition coefficient (Wildman–Crippen LogP) is 2.97.